The minimum atomic E-state index is -0.620. The smallest absolute Gasteiger partial charge is 0.234 e. The molecule has 6 nitrogen and oxygen atoms in total. The number of methoxy groups -OCH3 is 1. The van der Waals surface area contributed by atoms with E-state index in [1.807, 2.05) is 0 Å². The molecule has 1 atom stereocenters. The van der Waals surface area contributed by atoms with Gasteiger partial charge in [0, 0.05) is 6.54 Å². The van der Waals surface area contributed by atoms with Gasteiger partial charge in [0.15, 0.2) is 5.75 Å². The summed E-state index contributed by atoms with van der Waals surface area (Å²) >= 11 is 0. The average molecular weight is 198 g/mol. The molecular formula is C8H14N4O2. The van der Waals surface area contributed by atoms with Crippen LogP contribution >= 0.6 is 0 Å². The van der Waals surface area contributed by atoms with E-state index in [9.17, 15) is 4.79 Å². The molecule has 14 heavy (non-hydrogen) atoms. The van der Waals surface area contributed by atoms with Gasteiger partial charge in [-0.05, 0) is 6.42 Å². The maximum atomic E-state index is 10.6. The van der Waals surface area contributed by atoms with E-state index < -0.39 is 11.9 Å². The molecule has 0 bridgehead atoms. The largest absolute Gasteiger partial charge is 0.493 e. The van der Waals surface area contributed by atoms with Crippen molar-refractivity contribution in [3.8, 4) is 5.75 Å². The summed E-state index contributed by atoms with van der Waals surface area (Å²) < 4.78 is 6.60. The van der Waals surface area contributed by atoms with Gasteiger partial charge in [0.25, 0.3) is 0 Å². The second kappa shape index (κ2) is 4.61. The number of hydrogen-bond acceptors (Lipinski definition) is 4. The van der Waals surface area contributed by atoms with E-state index in [-0.39, 0.29) is 0 Å². The zero-order valence-corrected chi connectivity index (χ0v) is 8.01. The molecule has 1 amide bonds. The Morgan fingerprint density at radius 2 is 2.50 bits per heavy atom. The molecule has 0 saturated carbocycles. The summed E-state index contributed by atoms with van der Waals surface area (Å²) in [5, 5.41) is 4.00. The lowest BCUT2D eigenvalue weighted by Crippen LogP contribution is -2.37. The molecule has 0 aliphatic carbocycles. The van der Waals surface area contributed by atoms with Gasteiger partial charge in [-0.1, -0.05) is 0 Å². The van der Waals surface area contributed by atoms with E-state index >= 15 is 0 Å². The summed E-state index contributed by atoms with van der Waals surface area (Å²) in [6, 6.07) is -0.620. The summed E-state index contributed by atoms with van der Waals surface area (Å²) in [5.74, 6) is 0.182. The molecule has 0 aliphatic rings. The predicted molar refractivity (Wildman–Crippen MR) is 50.6 cm³/mol. The first kappa shape index (κ1) is 10.5. The Hall–Kier alpha value is -1.56. The number of primary amides is 1. The number of nitrogens with zero attached hydrogens (tertiary/aromatic N) is 2. The van der Waals surface area contributed by atoms with Crippen molar-refractivity contribution in [1.29, 1.82) is 0 Å². The van der Waals surface area contributed by atoms with Crippen LogP contribution in [0.1, 0.15) is 6.42 Å². The molecule has 0 fully saturated rings. The van der Waals surface area contributed by atoms with Crippen LogP contribution in [0.25, 0.3) is 0 Å². The maximum absolute atomic E-state index is 10.6. The van der Waals surface area contributed by atoms with E-state index in [4.69, 9.17) is 16.2 Å². The van der Waals surface area contributed by atoms with Crippen LogP contribution in [0.5, 0.6) is 5.75 Å². The lowest BCUT2D eigenvalue weighted by molar-refractivity contribution is -0.119. The van der Waals surface area contributed by atoms with Crippen molar-refractivity contribution in [2.45, 2.75) is 19.0 Å². The van der Waals surface area contributed by atoms with Gasteiger partial charge in [-0.15, -0.1) is 0 Å². The third-order valence-corrected chi connectivity index (χ3v) is 1.88. The Bertz CT molecular complexity index is 310. The van der Waals surface area contributed by atoms with E-state index in [0.717, 1.165) is 0 Å². The number of aryl methyl sites for hydroxylation is 1. The first-order valence-electron chi connectivity index (χ1n) is 4.25. The Morgan fingerprint density at radius 1 is 1.79 bits per heavy atom. The van der Waals surface area contributed by atoms with Gasteiger partial charge in [0.1, 0.15) is 0 Å². The highest BCUT2D eigenvalue weighted by molar-refractivity contribution is 5.79. The van der Waals surface area contributed by atoms with Crippen molar-refractivity contribution in [3.05, 3.63) is 12.4 Å². The van der Waals surface area contributed by atoms with E-state index in [1.54, 1.807) is 24.2 Å². The quantitative estimate of drug-likeness (QED) is 0.640. The molecule has 1 heterocycles. The molecule has 1 aromatic rings. The zero-order chi connectivity index (χ0) is 10.6. The number of carbonyl (C=O) groups is 1. The van der Waals surface area contributed by atoms with Gasteiger partial charge in [-0.2, -0.15) is 5.10 Å². The molecular weight excluding hydrogens is 184 g/mol. The first-order valence-corrected chi connectivity index (χ1v) is 4.25. The molecule has 1 rings (SSSR count). The predicted octanol–water partition coefficient (Wildman–Crippen LogP) is -0.906. The van der Waals surface area contributed by atoms with Crippen molar-refractivity contribution >= 4 is 5.91 Å². The number of nitrogens with two attached hydrogens (primary N) is 2. The van der Waals surface area contributed by atoms with E-state index in [1.165, 1.54) is 0 Å². The third-order valence-electron chi connectivity index (χ3n) is 1.88. The summed E-state index contributed by atoms with van der Waals surface area (Å²) in [6.07, 6.45) is 3.80. The molecule has 78 valence electrons. The zero-order valence-electron chi connectivity index (χ0n) is 8.01. The molecule has 4 N–H and O–H groups in total. The fourth-order valence-electron chi connectivity index (χ4n) is 0.986. The Balaban J connectivity index is 2.41. The van der Waals surface area contributed by atoms with Gasteiger partial charge < -0.3 is 16.2 Å². The number of hydrogen-bond donors (Lipinski definition) is 2. The Morgan fingerprint density at radius 3 is 3.00 bits per heavy atom. The van der Waals surface area contributed by atoms with Crippen molar-refractivity contribution in [3.63, 3.8) is 0 Å². The topological polar surface area (TPSA) is 96.2 Å². The van der Waals surface area contributed by atoms with Crippen molar-refractivity contribution in [1.82, 2.24) is 9.78 Å². The highest BCUT2D eigenvalue weighted by Crippen LogP contribution is 2.07. The van der Waals surface area contributed by atoms with Gasteiger partial charge in [0.2, 0.25) is 5.91 Å². The normalized spacial score (nSPS) is 12.4. The fraction of sp³-hybridized carbons (Fsp3) is 0.500. The van der Waals surface area contributed by atoms with Gasteiger partial charge in [0.05, 0.1) is 25.5 Å². The third kappa shape index (κ3) is 2.74. The van der Waals surface area contributed by atoms with Gasteiger partial charge in [-0.3, -0.25) is 9.48 Å². The van der Waals surface area contributed by atoms with Crippen LogP contribution in [0.4, 0.5) is 0 Å². The number of rotatable bonds is 5. The van der Waals surface area contributed by atoms with Gasteiger partial charge >= 0.3 is 0 Å². The van der Waals surface area contributed by atoms with Crippen molar-refractivity contribution < 1.29 is 9.53 Å². The average Bonchev–Trinajstić information content (AvgIpc) is 2.61. The number of ether oxygens (including phenoxy) is 1. The molecule has 1 aromatic heterocycles. The van der Waals surface area contributed by atoms with E-state index in [2.05, 4.69) is 5.10 Å². The highest BCUT2D eigenvalue weighted by Gasteiger charge is 2.09. The van der Waals surface area contributed by atoms with Crippen LogP contribution in [0, 0.1) is 0 Å². The van der Waals surface area contributed by atoms with Crippen molar-refractivity contribution in [2.75, 3.05) is 7.11 Å². The van der Waals surface area contributed by atoms with Crippen LogP contribution in [0.2, 0.25) is 0 Å². The minimum Gasteiger partial charge on any atom is -0.493 e. The SMILES string of the molecule is COc1cnn(CCC(N)C(N)=O)c1. The summed E-state index contributed by atoms with van der Waals surface area (Å²) in [6.45, 7) is 0.549. The summed E-state index contributed by atoms with van der Waals surface area (Å²) in [4.78, 5) is 10.6. The van der Waals surface area contributed by atoms with Crippen LogP contribution in [-0.2, 0) is 11.3 Å². The monoisotopic (exact) mass is 198 g/mol. The van der Waals surface area contributed by atoms with Crippen LogP contribution in [0.15, 0.2) is 12.4 Å². The van der Waals surface area contributed by atoms with Crippen LogP contribution < -0.4 is 16.2 Å². The Labute approximate surface area is 81.8 Å². The van der Waals surface area contributed by atoms with Crippen LogP contribution in [0.3, 0.4) is 0 Å². The highest BCUT2D eigenvalue weighted by atomic mass is 16.5. The maximum Gasteiger partial charge on any atom is 0.234 e. The molecule has 0 aromatic carbocycles. The molecule has 0 spiro atoms. The molecule has 0 radical (unpaired) electrons. The molecule has 1 unspecified atom stereocenters. The minimum absolute atomic E-state index is 0.472. The standard InChI is InChI=1S/C8H14N4O2/c1-14-6-4-11-12(5-6)3-2-7(9)8(10)13/h4-5,7H,2-3,9H2,1H3,(H2,10,13). The van der Waals surface area contributed by atoms with Crippen molar-refractivity contribution in [2.24, 2.45) is 11.5 Å². The molecule has 0 aliphatic heterocycles. The Kier molecular flexibility index (Phi) is 3.47. The number of amides is 1. The lowest BCUT2D eigenvalue weighted by Gasteiger charge is -2.06. The van der Waals surface area contributed by atoms with E-state index in [0.29, 0.717) is 18.7 Å². The second-order valence-corrected chi connectivity index (χ2v) is 2.94. The summed E-state index contributed by atoms with van der Waals surface area (Å²) in [7, 11) is 1.57. The molecule has 0 saturated heterocycles. The first-order chi connectivity index (χ1) is 6.63. The molecule has 6 heteroatoms. The van der Waals surface area contributed by atoms with Crippen LogP contribution in [-0.4, -0.2) is 28.8 Å². The number of aromatic nitrogens is 2. The van der Waals surface area contributed by atoms with Gasteiger partial charge in [-0.25, -0.2) is 0 Å². The summed E-state index contributed by atoms with van der Waals surface area (Å²) in [5.41, 5.74) is 10.5. The fourth-order valence-corrected chi connectivity index (χ4v) is 0.986. The lowest BCUT2D eigenvalue weighted by atomic mass is 10.2. The second-order valence-electron chi connectivity index (χ2n) is 2.94. The number of carbonyl (C=O) groups excluding carboxylic acids is 1.